The van der Waals surface area contributed by atoms with Crippen LogP contribution in [0.2, 0.25) is 0 Å². The summed E-state index contributed by atoms with van der Waals surface area (Å²) in [5.41, 5.74) is 4.09. The molecule has 12 heteroatoms. The van der Waals surface area contributed by atoms with Crippen molar-refractivity contribution >= 4 is 17.0 Å². The fourth-order valence-electron chi connectivity index (χ4n) is 1.96. The van der Waals surface area contributed by atoms with Crippen LogP contribution >= 0.6 is 11.3 Å². The molecule has 0 bridgehead atoms. The molecule has 27 heavy (non-hydrogen) atoms. The van der Waals surface area contributed by atoms with Crippen molar-refractivity contribution in [3.63, 3.8) is 0 Å². The Morgan fingerprint density at radius 3 is 2.44 bits per heavy atom. The molecule has 0 aliphatic rings. The molecular formula is C15H15F6N3O2S. The van der Waals surface area contributed by atoms with Gasteiger partial charge in [0, 0.05) is 6.20 Å². The zero-order valence-electron chi connectivity index (χ0n) is 13.7. The van der Waals surface area contributed by atoms with Crippen LogP contribution in [-0.4, -0.2) is 22.9 Å². The number of nitrogens with zero attached hydrogens (tertiary/aromatic N) is 1. The highest BCUT2D eigenvalue weighted by Gasteiger charge is 2.33. The van der Waals surface area contributed by atoms with Crippen molar-refractivity contribution in [3.05, 3.63) is 39.8 Å². The minimum Gasteiger partial charge on any atom is -0.482 e. The van der Waals surface area contributed by atoms with E-state index in [9.17, 15) is 31.4 Å². The molecule has 2 aromatic rings. The summed E-state index contributed by atoms with van der Waals surface area (Å²) in [6, 6.07) is 1.48. The molecule has 0 radical (unpaired) electrons. The van der Waals surface area contributed by atoms with Gasteiger partial charge in [-0.2, -0.15) is 26.3 Å². The first kappa shape index (κ1) is 21.3. The molecule has 0 spiro atoms. The van der Waals surface area contributed by atoms with Crippen LogP contribution in [0.5, 0.6) is 5.75 Å². The number of ether oxygens (including phenoxy) is 1. The second-order valence-electron chi connectivity index (χ2n) is 5.55. The molecule has 0 aliphatic carbocycles. The number of aliphatic hydroxyl groups is 1. The summed E-state index contributed by atoms with van der Waals surface area (Å²) in [6.45, 7) is -0.0448. The third-order valence-electron chi connectivity index (χ3n) is 3.19. The molecule has 0 amide bonds. The maximum Gasteiger partial charge on any atom is 0.422 e. The molecular weight excluding hydrogens is 400 g/mol. The van der Waals surface area contributed by atoms with E-state index in [0.717, 1.165) is 17.4 Å². The molecule has 0 fully saturated rings. The van der Waals surface area contributed by atoms with Crippen LogP contribution in [0.25, 0.3) is 0 Å². The van der Waals surface area contributed by atoms with Crippen LogP contribution in [-0.2, 0) is 6.18 Å². The lowest BCUT2D eigenvalue weighted by molar-refractivity contribution is -0.153. The Hall–Kier alpha value is -2.05. The van der Waals surface area contributed by atoms with E-state index in [1.54, 1.807) is 6.92 Å². The highest BCUT2D eigenvalue weighted by atomic mass is 32.1. The molecule has 1 aromatic carbocycles. The van der Waals surface area contributed by atoms with Crippen LogP contribution in [0.3, 0.4) is 0 Å². The summed E-state index contributed by atoms with van der Waals surface area (Å²) < 4.78 is 80.3. The van der Waals surface area contributed by atoms with E-state index >= 15 is 0 Å². The van der Waals surface area contributed by atoms with E-state index in [2.05, 4.69) is 15.0 Å². The Kier molecular flexibility index (Phi) is 6.22. The number of aromatic nitrogens is 1. The number of aliphatic hydroxyl groups excluding tert-OH is 1. The predicted molar refractivity (Wildman–Crippen MR) is 86.3 cm³/mol. The number of thiazole rings is 1. The van der Waals surface area contributed by atoms with Gasteiger partial charge in [-0.15, -0.1) is 11.3 Å². The molecule has 5 nitrogen and oxygen atoms in total. The number of anilines is 1. The highest BCUT2D eigenvalue weighted by molar-refractivity contribution is 7.11. The van der Waals surface area contributed by atoms with Gasteiger partial charge >= 0.3 is 12.4 Å². The molecule has 0 saturated heterocycles. The van der Waals surface area contributed by atoms with Gasteiger partial charge in [0.15, 0.2) is 12.8 Å². The van der Waals surface area contributed by atoms with Gasteiger partial charge in [-0.1, -0.05) is 0 Å². The number of hydrogen-bond donors (Lipinski definition) is 3. The van der Waals surface area contributed by atoms with Gasteiger partial charge in [0.05, 0.1) is 22.2 Å². The Morgan fingerprint density at radius 2 is 1.93 bits per heavy atom. The van der Waals surface area contributed by atoms with E-state index in [0.29, 0.717) is 17.1 Å². The van der Waals surface area contributed by atoms with Gasteiger partial charge < -0.3 is 20.9 Å². The molecule has 2 unspecified atom stereocenters. The van der Waals surface area contributed by atoms with Gasteiger partial charge in [-0.25, -0.2) is 4.98 Å². The maximum absolute atomic E-state index is 12.9. The predicted octanol–water partition coefficient (Wildman–Crippen LogP) is 4.23. The quantitative estimate of drug-likeness (QED) is 0.486. The minimum absolute atomic E-state index is 0.224. The Morgan fingerprint density at radius 1 is 1.26 bits per heavy atom. The third kappa shape index (κ3) is 5.97. The van der Waals surface area contributed by atoms with Crippen molar-refractivity contribution < 1.29 is 36.2 Å². The first-order chi connectivity index (χ1) is 12.4. The average Bonchev–Trinajstić information content (AvgIpc) is 3.02. The van der Waals surface area contributed by atoms with Gasteiger partial charge in [0.1, 0.15) is 10.8 Å². The molecule has 0 saturated carbocycles. The lowest BCUT2D eigenvalue weighted by atomic mass is 10.1. The zero-order valence-corrected chi connectivity index (χ0v) is 14.5. The molecule has 150 valence electrons. The van der Waals surface area contributed by atoms with E-state index in [1.807, 2.05) is 0 Å². The number of hydrogen-bond acceptors (Lipinski definition) is 6. The summed E-state index contributed by atoms with van der Waals surface area (Å²) in [5.74, 6) is -0.490. The monoisotopic (exact) mass is 415 g/mol. The smallest absolute Gasteiger partial charge is 0.422 e. The molecule has 1 heterocycles. The molecule has 2 atom stereocenters. The number of halogens is 6. The number of alkyl halides is 6. The first-order valence-corrected chi connectivity index (χ1v) is 8.25. The van der Waals surface area contributed by atoms with E-state index in [4.69, 9.17) is 5.73 Å². The number of rotatable bonds is 6. The minimum atomic E-state index is -4.73. The topological polar surface area (TPSA) is 80.4 Å². The van der Waals surface area contributed by atoms with Gasteiger partial charge in [0.2, 0.25) is 0 Å². The number of nitrogens with two attached hydrogens (primary N) is 1. The molecule has 0 aliphatic heterocycles. The van der Waals surface area contributed by atoms with Crippen LogP contribution in [0.15, 0.2) is 24.4 Å². The number of benzene rings is 1. The van der Waals surface area contributed by atoms with E-state index < -0.39 is 48.2 Å². The van der Waals surface area contributed by atoms with Crippen LogP contribution in [0, 0.1) is 0 Å². The molecule has 4 N–H and O–H groups in total. The van der Waals surface area contributed by atoms with Crippen molar-refractivity contribution in [2.45, 2.75) is 31.5 Å². The van der Waals surface area contributed by atoms with E-state index in [-0.39, 0.29) is 4.88 Å². The van der Waals surface area contributed by atoms with E-state index in [1.165, 1.54) is 6.20 Å². The lowest BCUT2D eigenvalue weighted by Crippen LogP contribution is -2.20. The van der Waals surface area contributed by atoms with Crippen LogP contribution < -0.4 is 15.8 Å². The Balaban J connectivity index is 2.29. The highest BCUT2D eigenvalue weighted by Crippen LogP contribution is 2.37. The van der Waals surface area contributed by atoms with Crippen molar-refractivity contribution in [2.24, 2.45) is 5.73 Å². The summed E-state index contributed by atoms with van der Waals surface area (Å²) in [4.78, 5) is 4.18. The van der Waals surface area contributed by atoms with Crippen molar-refractivity contribution in [3.8, 4) is 5.75 Å². The van der Waals surface area contributed by atoms with Crippen molar-refractivity contribution in [1.82, 2.24) is 4.98 Å². The van der Waals surface area contributed by atoms with Crippen LogP contribution in [0.1, 0.15) is 34.6 Å². The van der Waals surface area contributed by atoms with Gasteiger partial charge in [-0.05, 0) is 25.1 Å². The standard InChI is InChI=1S/C15H15F6N3O2S/c1-7(22)13-23-5-11(27-13)12(25)24-9-4-8(15(19,20)21)2-3-10(9)26-6-14(16,17)18/h2-5,7,12,24-25H,6,22H2,1H3. The first-order valence-electron chi connectivity index (χ1n) is 7.43. The van der Waals surface area contributed by atoms with Crippen LogP contribution in [0.4, 0.5) is 32.0 Å². The second-order valence-corrected chi connectivity index (χ2v) is 6.64. The molecule has 1 aromatic heterocycles. The Labute approximate surface area is 153 Å². The maximum atomic E-state index is 12.9. The Bertz CT molecular complexity index is 776. The normalized spacial score (nSPS) is 14.7. The van der Waals surface area contributed by atoms with Crippen molar-refractivity contribution in [2.75, 3.05) is 11.9 Å². The summed E-state index contributed by atoms with van der Waals surface area (Å²) in [6.07, 6.45) is -9.66. The average molecular weight is 415 g/mol. The molecule has 2 rings (SSSR count). The summed E-state index contributed by atoms with van der Waals surface area (Å²) >= 11 is 1.01. The fourth-order valence-corrected chi connectivity index (χ4v) is 2.77. The third-order valence-corrected chi connectivity index (χ3v) is 4.44. The largest absolute Gasteiger partial charge is 0.482 e. The summed E-state index contributed by atoms with van der Waals surface area (Å²) in [7, 11) is 0. The van der Waals surface area contributed by atoms with Gasteiger partial charge in [-0.3, -0.25) is 0 Å². The van der Waals surface area contributed by atoms with Gasteiger partial charge in [0.25, 0.3) is 0 Å². The SMILES string of the molecule is CC(N)c1ncc(C(O)Nc2cc(C(F)(F)F)ccc2OCC(F)(F)F)s1. The van der Waals surface area contributed by atoms with Crippen molar-refractivity contribution in [1.29, 1.82) is 0 Å². The lowest BCUT2D eigenvalue weighted by Gasteiger charge is -2.19. The summed E-state index contributed by atoms with van der Waals surface area (Å²) in [5, 5.41) is 13.0. The fraction of sp³-hybridized carbons (Fsp3) is 0.400. The second kappa shape index (κ2) is 7.90. The zero-order chi connectivity index (χ0) is 20.4. The number of nitrogens with one attached hydrogen (secondary N) is 1.